The molecule has 1 unspecified atom stereocenters. The van der Waals surface area contributed by atoms with Crippen molar-refractivity contribution in [1.82, 2.24) is 0 Å². The number of amides is 1. The van der Waals surface area contributed by atoms with Crippen LogP contribution in [0, 0.1) is 5.92 Å². The predicted molar refractivity (Wildman–Crippen MR) is 67.1 cm³/mol. The molecule has 5 nitrogen and oxygen atoms in total. The molecule has 1 fully saturated rings. The summed E-state index contributed by atoms with van der Waals surface area (Å²) >= 11 is 0. The molecule has 0 saturated carbocycles. The fraction of sp³-hybridized carbons (Fsp3) is 0.417. The number of hydrogen-bond acceptors (Lipinski definition) is 4. The predicted octanol–water partition coefficient (Wildman–Crippen LogP) is 1.48. The van der Waals surface area contributed by atoms with Crippen LogP contribution in [0.4, 0.5) is 24.5 Å². The number of carbonyl (C=O) groups excluding carboxylic acids is 1. The number of rotatable bonds is 3. The second-order valence-electron chi connectivity index (χ2n) is 4.58. The minimum absolute atomic E-state index is 0.0352. The Morgan fingerprint density at radius 1 is 1.40 bits per heavy atom. The standard InChI is InChI=1S/C12H14F3N3O2/c13-12(14,15)20-8-1-2-10(9(17)4-8)18-6-7(5-16)3-11(18)19/h1-2,4,7H,3,5-6,16-17H2. The third kappa shape index (κ3) is 3.13. The molecule has 1 heterocycles. The lowest BCUT2D eigenvalue weighted by molar-refractivity contribution is -0.274. The van der Waals surface area contributed by atoms with E-state index in [1.807, 2.05) is 0 Å². The number of hydrogen-bond donors (Lipinski definition) is 2. The first kappa shape index (κ1) is 14.4. The van der Waals surface area contributed by atoms with Crippen LogP contribution >= 0.6 is 0 Å². The molecule has 0 aromatic heterocycles. The highest BCUT2D eigenvalue weighted by molar-refractivity contribution is 5.98. The molecule has 1 atom stereocenters. The van der Waals surface area contributed by atoms with Crippen LogP contribution in [0.5, 0.6) is 5.75 Å². The third-order valence-corrected chi connectivity index (χ3v) is 3.06. The Hall–Kier alpha value is -1.96. The van der Waals surface area contributed by atoms with Crippen molar-refractivity contribution in [2.24, 2.45) is 11.7 Å². The monoisotopic (exact) mass is 289 g/mol. The van der Waals surface area contributed by atoms with Gasteiger partial charge >= 0.3 is 6.36 Å². The molecule has 0 bridgehead atoms. The van der Waals surface area contributed by atoms with E-state index in [0.29, 0.717) is 25.2 Å². The fourth-order valence-corrected chi connectivity index (χ4v) is 2.15. The molecule has 1 aromatic carbocycles. The van der Waals surface area contributed by atoms with Crippen LogP contribution in [0.1, 0.15) is 6.42 Å². The highest BCUT2D eigenvalue weighted by Gasteiger charge is 2.33. The molecule has 4 N–H and O–H groups in total. The minimum atomic E-state index is -4.78. The van der Waals surface area contributed by atoms with E-state index in [-0.39, 0.29) is 17.5 Å². The Morgan fingerprint density at radius 2 is 2.10 bits per heavy atom. The Bertz CT molecular complexity index is 519. The van der Waals surface area contributed by atoms with Crippen LogP contribution in [0.3, 0.4) is 0 Å². The number of nitrogens with zero attached hydrogens (tertiary/aromatic N) is 1. The van der Waals surface area contributed by atoms with Gasteiger partial charge in [-0.1, -0.05) is 0 Å². The van der Waals surface area contributed by atoms with Crippen molar-refractivity contribution >= 4 is 17.3 Å². The number of nitrogen functional groups attached to an aromatic ring is 1. The van der Waals surface area contributed by atoms with E-state index in [2.05, 4.69) is 4.74 Å². The maximum Gasteiger partial charge on any atom is 0.573 e. The minimum Gasteiger partial charge on any atom is -0.406 e. The summed E-state index contributed by atoms with van der Waals surface area (Å²) in [7, 11) is 0. The van der Waals surface area contributed by atoms with E-state index in [9.17, 15) is 18.0 Å². The molecule has 20 heavy (non-hydrogen) atoms. The number of alkyl halides is 3. The number of nitrogens with two attached hydrogens (primary N) is 2. The van der Waals surface area contributed by atoms with Gasteiger partial charge in [-0.25, -0.2) is 0 Å². The molecule has 0 radical (unpaired) electrons. The van der Waals surface area contributed by atoms with Gasteiger partial charge in [-0.05, 0) is 24.6 Å². The molecular formula is C12H14F3N3O2. The van der Waals surface area contributed by atoms with Crippen LogP contribution in [0.2, 0.25) is 0 Å². The van der Waals surface area contributed by atoms with Gasteiger partial charge in [0.2, 0.25) is 5.91 Å². The summed E-state index contributed by atoms with van der Waals surface area (Å²) < 4.78 is 40.0. The van der Waals surface area contributed by atoms with Gasteiger partial charge in [0.15, 0.2) is 0 Å². The van der Waals surface area contributed by atoms with Crippen molar-refractivity contribution in [1.29, 1.82) is 0 Å². The molecule has 110 valence electrons. The molecule has 1 aromatic rings. The summed E-state index contributed by atoms with van der Waals surface area (Å²) in [5, 5.41) is 0. The molecule has 1 saturated heterocycles. The molecule has 1 amide bonds. The summed E-state index contributed by atoms with van der Waals surface area (Å²) in [6.45, 7) is 0.788. The summed E-state index contributed by atoms with van der Waals surface area (Å²) in [4.78, 5) is 13.2. The lowest BCUT2D eigenvalue weighted by Crippen LogP contribution is -2.26. The van der Waals surface area contributed by atoms with Crippen molar-refractivity contribution in [3.05, 3.63) is 18.2 Å². The van der Waals surface area contributed by atoms with E-state index in [1.54, 1.807) is 0 Å². The highest BCUT2D eigenvalue weighted by Crippen LogP contribution is 2.33. The Morgan fingerprint density at radius 3 is 2.60 bits per heavy atom. The van der Waals surface area contributed by atoms with Crippen molar-refractivity contribution < 1.29 is 22.7 Å². The molecule has 0 aliphatic carbocycles. The van der Waals surface area contributed by atoms with Crippen LogP contribution < -0.4 is 21.1 Å². The first-order valence-electron chi connectivity index (χ1n) is 5.96. The molecule has 2 rings (SSSR count). The molecule has 0 spiro atoms. The quantitative estimate of drug-likeness (QED) is 0.826. The van der Waals surface area contributed by atoms with Gasteiger partial charge in [0.25, 0.3) is 0 Å². The smallest absolute Gasteiger partial charge is 0.406 e. The van der Waals surface area contributed by atoms with Crippen molar-refractivity contribution in [3.63, 3.8) is 0 Å². The largest absolute Gasteiger partial charge is 0.573 e. The van der Waals surface area contributed by atoms with Crippen molar-refractivity contribution in [3.8, 4) is 5.75 Å². The summed E-state index contributed by atoms with van der Waals surface area (Å²) in [6.07, 6.45) is -4.46. The maximum absolute atomic E-state index is 12.1. The van der Waals surface area contributed by atoms with Gasteiger partial charge < -0.3 is 21.1 Å². The summed E-state index contributed by atoms with van der Waals surface area (Å²) in [5.41, 5.74) is 11.6. The van der Waals surface area contributed by atoms with E-state index in [0.717, 1.165) is 12.1 Å². The Labute approximate surface area is 113 Å². The maximum atomic E-state index is 12.1. The van der Waals surface area contributed by atoms with Gasteiger partial charge in [-0.2, -0.15) is 0 Å². The van der Waals surface area contributed by atoms with E-state index in [4.69, 9.17) is 11.5 Å². The average molecular weight is 289 g/mol. The third-order valence-electron chi connectivity index (χ3n) is 3.06. The topological polar surface area (TPSA) is 81.6 Å². The summed E-state index contributed by atoms with van der Waals surface area (Å²) in [5.74, 6) is -0.523. The van der Waals surface area contributed by atoms with Gasteiger partial charge in [-0.3, -0.25) is 4.79 Å². The number of anilines is 2. The van der Waals surface area contributed by atoms with E-state index >= 15 is 0 Å². The van der Waals surface area contributed by atoms with Crippen molar-refractivity contribution in [2.75, 3.05) is 23.7 Å². The average Bonchev–Trinajstić information content (AvgIpc) is 2.69. The number of ether oxygens (including phenoxy) is 1. The lowest BCUT2D eigenvalue weighted by atomic mass is 10.1. The molecule has 8 heteroatoms. The van der Waals surface area contributed by atoms with Crippen LogP contribution in [0.15, 0.2) is 18.2 Å². The van der Waals surface area contributed by atoms with Gasteiger partial charge in [0.05, 0.1) is 11.4 Å². The number of halogens is 3. The van der Waals surface area contributed by atoms with Gasteiger partial charge in [-0.15, -0.1) is 13.2 Å². The van der Waals surface area contributed by atoms with Crippen LogP contribution in [0.25, 0.3) is 0 Å². The van der Waals surface area contributed by atoms with Crippen molar-refractivity contribution in [2.45, 2.75) is 12.8 Å². The Kier molecular flexibility index (Phi) is 3.76. The molecule has 1 aliphatic heterocycles. The first-order valence-corrected chi connectivity index (χ1v) is 5.96. The number of carbonyl (C=O) groups is 1. The zero-order valence-electron chi connectivity index (χ0n) is 10.5. The summed E-state index contributed by atoms with van der Waals surface area (Å²) in [6, 6.07) is 3.52. The normalized spacial score (nSPS) is 19.5. The zero-order valence-corrected chi connectivity index (χ0v) is 10.5. The second kappa shape index (κ2) is 5.20. The number of benzene rings is 1. The van der Waals surface area contributed by atoms with Gasteiger partial charge in [0.1, 0.15) is 5.75 Å². The van der Waals surface area contributed by atoms with Gasteiger partial charge in [0, 0.05) is 19.0 Å². The van der Waals surface area contributed by atoms with E-state index < -0.39 is 12.1 Å². The SMILES string of the molecule is NCC1CC(=O)N(c2ccc(OC(F)(F)F)cc2N)C1. The molecule has 1 aliphatic rings. The van der Waals surface area contributed by atoms with Crippen LogP contribution in [-0.2, 0) is 4.79 Å². The van der Waals surface area contributed by atoms with Crippen LogP contribution in [-0.4, -0.2) is 25.4 Å². The Balaban J connectivity index is 2.20. The van der Waals surface area contributed by atoms with E-state index in [1.165, 1.54) is 11.0 Å². The lowest BCUT2D eigenvalue weighted by Gasteiger charge is -2.19. The zero-order chi connectivity index (χ0) is 14.9. The first-order chi connectivity index (χ1) is 9.30. The second-order valence-corrected chi connectivity index (χ2v) is 4.58. The fourth-order valence-electron chi connectivity index (χ4n) is 2.15. The highest BCUT2D eigenvalue weighted by atomic mass is 19.4. The molecular weight excluding hydrogens is 275 g/mol.